The number of hydrogen-bond donors (Lipinski definition) is 1. The molecule has 6 heteroatoms. The molecule has 0 bridgehead atoms. The smallest absolute Gasteiger partial charge is 0.126 e. The van der Waals surface area contributed by atoms with E-state index in [9.17, 15) is 0 Å². The molecular weight excluding hydrogens is 248 g/mol. The van der Waals surface area contributed by atoms with Gasteiger partial charge in [0.05, 0.1) is 33.0 Å². The first-order chi connectivity index (χ1) is 9.38. The van der Waals surface area contributed by atoms with E-state index >= 15 is 0 Å². The second kappa shape index (κ2) is 10.7. The molecule has 0 aliphatic heterocycles. The second-order valence-electron chi connectivity index (χ2n) is 3.75. The van der Waals surface area contributed by atoms with Crippen molar-refractivity contribution >= 4 is 0 Å². The molecule has 19 heavy (non-hydrogen) atoms. The molecule has 1 aromatic heterocycles. The Morgan fingerprint density at radius 1 is 1.05 bits per heavy atom. The third kappa shape index (κ3) is 7.07. The molecule has 0 fully saturated rings. The molecule has 0 spiro atoms. The fourth-order valence-electron chi connectivity index (χ4n) is 1.38. The molecule has 0 aliphatic rings. The van der Waals surface area contributed by atoms with Gasteiger partial charge in [0.25, 0.3) is 0 Å². The van der Waals surface area contributed by atoms with Crippen molar-refractivity contribution in [1.29, 1.82) is 0 Å². The van der Waals surface area contributed by atoms with Crippen molar-refractivity contribution in [3.8, 4) is 5.75 Å². The highest BCUT2D eigenvalue weighted by atomic mass is 16.6. The highest BCUT2D eigenvalue weighted by molar-refractivity contribution is 5.29. The van der Waals surface area contributed by atoms with Gasteiger partial charge in [-0.2, -0.15) is 0 Å². The number of hydrogen-bond acceptors (Lipinski definition) is 6. The highest BCUT2D eigenvalue weighted by Crippen LogP contribution is 2.15. The SMILES string of the molecule is COCCOCCOCCOc1ccncc1CN. The molecule has 1 heterocycles. The summed E-state index contributed by atoms with van der Waals surface area (Å²) in [4.78, 5) is 3.99. The summed E-state index contributed by atoms with van der Waals surface area (Å²) in [6.45, 7) is 3.71. The monoisotopic (exact) mass is 270 g/mol. The van der Waals surface area contributed by atoms with Crippen LogP contribution in [0.25, 0.3) is 0 Å². The first-order valence-corrected chi connectivity index (χ1v) is 6.28. The molecule has 0 unspecified atom stereocenters. The Morgan fingerprint density at radius 3 is 2.42 bits per heavy atom. The third-order valence-corrected chi connectivity index (χ3v) is 2.37. The zero-order valence-corrected chi connectivity index (χ0v) is 11.3. The summed E-state index contributed by atoms with van der Waals surface area (Å²) in [5.41, 5.74) is 6.48. The van der Waals surface area contributed by atoms with Crippen LogP contribution in [0.2, 0.25) is 0 Å². The largest absolute Gasteiger partial charge is 0.491 e. The third-order valence-electron chi connectivity index (χ3n) is 2.37. The van der Waals surface area contributed by atoms with Crippen LogP contribution in [-0.4, -0.2) is 51.7 Å². The molecular formula is C13H22N2O4. The molecule has 1 rings (SSSR count). The van der Waals surface area contributed by atoms with Gasteiger partial charge >= 0.3 is 0 Å². The van der Waals surface area contributed by atoms with E-state index in [1.807, 2.05) is 0 Å². The van der Waals surface area contributed by atoms with Gasteiger partial charge in [-0.05, 0) is 6.07 Å². The van der Waals surface area contributed by atoms with E-state index in [2.05, 4.69) is 4.98 Å². The molecule has 0 aromatic carbocycles. The van der Waals surface area contributed by atoms with Gasteiger partial charge in [0, 0.05) is 31.6 Å². The molecule has 1 aromatic rings. The zero-order chi connectivity index (χ0) is 13.8. The zero-order valence-electron chi connectivity index (χ0n) is 11.3. The highest BCUT2D eigenvalue weighted by Gasteiger charge is 2.01. The van der Waals surface area contributed by atoms with E-state index in [1.54, 1.807) is 25.6 Å². The Bertz CT molecular complexity index is 336. The van der Waals surface area contributed by atoms with Crippen molar-refractivity contribution in [3.63, 3.8) is 0 Å². The normalized spacial score (nSPS) is 10.6. The number of ether oxygens (including phenoxy) is 4. The van der Waals surface area contributed by atoms with Crippen LogP contribution in [0, 0.1) is 0 Å². The van der Waals surface area contributed by atoms with Crippen LogP contribution in [0.1, 0.15) is 5.56 Å². The lowest BCUT2D eigenvalue weighted by molar-refractivity contribution is 0.0179. The van der Waals surface area contributed by atoms with Gasteiger partial charge in [0.2, 0.25) is 0 Å². The van der Waals surface area contributed by atoms with Crippen molar-refractivity contribution in [2.75, 3.05) is 46.8 Å². The van der Waals surface area contributed by atoms with Crippen molar-refractivity contribution in [2.45, 2.75) is 6.54 Å². The summed E-state index contributed by atoms with van der Waals surface area (Å²) < 4.78 is 21.1. The number of rotatable bonds is 11. The van der Waals surface area contributed by atoms with Gasteiger partial charge in [-0.15, -0.1) is 0 Å². The topological polar surface area (TPSA) is 75.8 Å². The lowest BCUT2D eigenvalue weighted by Gasteiger charge is -2.10. The van der Waals surface area contributed by atoms with Crippen LogP contribution in [0.3, 0.4) is 0 Å². The van der Waals surface area contributed by atoms with Gasteiger partial charge in [0.15, 0.2) is 0 Å². The summed E-state index contributed by atoms with van der Waals surface area (Å²) >= 11 is 0. The van der Waals surface area contributed by atoms with Crippen molar-refractivity contribution < 1.29 is 18.9 Å². The van der Waals surface area contributed by atoms with E-state index in [1.165, 1.54) is 0 Å². The Morgan fingerprint density at radius 2 is 1.74 bits per heavy atom. The van der Waals surface area contributed by atoms with Crippen molar-refractivity contribution in [2.24, 2.45) is 5.73 Å². The van der Waals surface area contributed by atoms with E-state index in [0.29, 0.717) is 46.2 Å². The van der Waals surface area contributed by atoms with Crippen molar-refractivity contribution in [1.82, 2.24) is 4.98 Å². The van der Waals surface area contributed by atoms with Gasteiger partial charge in [-0.3, -0.25) is 4.98 Å². The maximum Gasteiger partial charge on any atom is 0.126 e. The number of nitrogens with zero attached hydrogens (tertiary/aromatic N) is 1. The maximum absolute atomic E-state index is 5.58. The molecule has 0 radical (unpaired) electrons. The molecule has 108 valence electrons. The lowest BCUT2D eigenvalue weighted by Crippen LogP contribution is -2.13. The van der Waals surface area contributed by atoms with E-state index in [-0.39, 0.29) is 0 Å². The molecule has 2 N–H and O–H groups in total. The summed E-state index contributed by atoms with van der Waals surface area (Å²) in [7, 11) is 1.64. The van der Waals surface area contributed by atoms with Gasteiger partial charge in [-0.25, -0.2) is 0 Å². The van der Waals surface area contributed by atoms with E-state index in [4.69, 9.17) is 24.7 Å². The summed E-state index contributed by atoms with van der Waals surface area (Å²) in [6, 6.07) is 1.80. The molecule has 0 saturated carbocycles. The lowest BCUT2D eigenvalue weighted by atomic mass is 10.2. The Hall–Kier alpha value is -1.21. The molecule has 0 amide bonds. The molecule has 0 aliphatic carbocycles. The fraction of sp³-hybridized carbons (Fsp3) is 0.615. The number of methoxy groups -OCH3 is 1. The first-order valence-electron chi connectivity index (χ1n) is 6.28. The van der Waals surface area contributed by atoms with Crippen LogP contribution in [0.4, 0.5) is 0 Å². The Labute approximate surface area is 113 Å². The van der Waals surface area contributed by atoms with Crippen LogP contribution < -0.4 is 10.5 Å². The summed E-state index contributed by atoms with van der Waals surface area (Å²) in [6.07, 6.45) is 3.39. The number of aromatic nitrogens is 1. The molecule has 0 saturated heterocycles. The van der Waals surface area contributed by atoms with Gasteiger partial charge in [0.1, 0.15) is 12.4 Å². The number of pyridine rings is 1. The standard InChI is InChI=1S/C13H22N2O4/c1-16-4-5-17-6-7-18-8-9-19-13-2-3-15-11-12(13)10-14/h2-3,11H,4-10,14H2,1H3. The van der Waals surface area contributed by atoms with Crippen LogP contribution in [-0.2, 0) is 20.8 Å². The average Bonchev–Trinajstić information content (AvgIpc) is 2.46. The fourth-order valence-corrected chi connectivity index (χ4v) is 1.38. The molecule has 0 atom stereocenters. The van der Waals surface area contributed by atoms with E-state index < -0.39 is 0 Å². The Kier molecular flexibility index (Phi) is 8.91. The van der Waals surface area contributed by atoms with Crippen LogP contribution in [0.15, 0.2) is 18.5 Å². The minimum atomic E-state index is 0.414. The maximum atomic E-state index is 5.58. The van der Waals surface area contributed by atoms with Gasteiger partial charge in [-0.1, -0.05) is 0 Å². The quantitative estimate of drug-likeness (QED) is 0.593. The molecule has 6 nitrogen and oxygen atoms in total. The van der Waals surface area contributed by atoms with Gasteiger partial charge < -0.3 is 24.7 Å². The summed E-state index contributed by atoms with van der Waals surface area (Å²) in [5, 5.41) is 0. The Balaban J connectivity index is 2.01. The average molecular weight is 270 g/mol. The van der Waals surface area contributed by atoms with Crippen LogP contribution >= 0.6 is 0 Å². The second-order valence-corrected chi connectivity index (χ2v) is 3.75. The first kappa shape index (κ1) is 15.8. The number of nitrogens with two attached hydrogens (primary N) is 1. The summed E-state index contributed by atoms with van der Waals surface area (Å²) in [5.74, 6) is 0.762. The minimum Gasteiger partial charge on any atom is -0.491 e. The van der Waals surface area contributed by atoms with Crippen molar-refractivity contribution in [3.05, 3.63) is 24.0 Å². The predicted molar refractivity (Wildman–Crippen MR) is 71.1 cm³/mol. The minimum absolute atomic E-state index is 0.414. The predicted octanol–water partition coefficient (Wildman–Crippen LogP) is 0.599. The van der Waals surface area contributed by atoms with E-state index in [0.717, 1.165) is 11.3 Å². The van der Waals surface area contributed by atoms with Crippen LogP contribution in [0.5, 0.6) is 5.75 Å².